The number of hydrogen-bond donors (Lipinski definition) is 1. The monoisotopic (exact) mass is 493 g/mol. The molecule has 174 valence electrons. The van der Waals surface area contributed by atoms with Crippen LogP contribution in [0.15, 0.2) is 66.1 Å². The summed E-state index contributed by atoms with van der Waals surface area (Å²) in [4.78, 5) is 30.5. The van der Waals surface area contributed by atoms with E-state index in [1.165, 1.54) is 23.1 Å². The Morgan fingerprint density at radius 3 is 2.56 bits per heavy atom. The molecule has 1 N–H and O–H groups in total. The molecule has 8 nitrogen and oxygen atoms in total. The number of nitrogens with one attached hydrogen (secondary N) is 1. The molecule has 1 amide bonds. The summed E-state index contributed by atoms with van der Waals surface area (Å²) < 4.78 is 7.04. The largest absolute Gasteiger partial charge is 0.462 e. The molecule has 4 aromatic rings. The number of anilines is 1. The molecule has 0 aliphatic carbocycles. The van der Waals surface area contributed by atoms with Crippen molar-refractivity contribution >= 4 is 40.0 Å². The molecule has 0 saturated carbocycles. The first-order valence-electron chi connectivity index (χ1n) is 10.6. The third-order valence-corrected chi connectivity index (χ3v) is 7.18. The van der Waals surface area contributed by atoms with Crippen molar-refractivity contribution in [2.24, 2.45) is 7.05 Å². The Morgan fingerprint density at radius 2 is 1.85 bits per heavy atom. The van der Waals surface area contributed by atoms with E-state index in [4.69, 9.17) is 4.74 Å². The quantitative estimate of drug-likeness (QED) is 0.275. The van der Waals surface area contributed by atoms with Gasteiger partial charge in [-0.2, -0.15) is 0 Å². The summed E-state index contributed by atoms with van der Waals surface area (Å²) in [5, 5.41) is 12.0. The fourth-order valence-corrected chi connectivity index (χ4v) is 5.05. The molecule has 10 heteroatoms. The molecule has 3 aromatic heterocycles. The predicted octanol–water partition coefficient (Wildman–Crippen LogP) is 4.90. The minimum atomic E-state index is -0.481. The van der Waals surface area contributed by atoms with Crippen molar-refractivity contribution in [3.8, 4) is 21.8 Å². The zero-order valence-electron chi connectivity index (χ0n) is 18.9. The number of benzene rings is 1. The second kappa shape index (κ2) is 10.6. The highest BCUT2D eigenvalue weighted by Crippen LogP contribution is 2.36. The van der Waals surface area contributed by atoms with Crippen LogP contribution < -0.4 is 5.32 Å². The number of amides is 1. The van der Waals surface area contributed by atoms with E-state index in [0.29, 0.717) is 21.5 Å². The maximum absolute atomic E-state index is 13.0. The first-order valence-corrected chi connectivity index (χ1v) is 12.3. The lowest BCUT2D eigenvalue weighted by Crippen LogP contribution is -2.23. The molecule has 3 heterocycles. The van der Waals surface area contributed by atoms with Crippen LogP contribution in [0.4, 0.5) is 5.00 Å². The van der Waals surface area contributed by atoms with Crippen LogP contribution in [-0.4, -0.2) is 43.5 Å². The van der Waals surface area contributed by atoms with E-state index in [-0.39, 0.29) is 12.5 Å². The van der Waals surface area contributed by atoms with Gasteiger partial charge in [-0.1, -0.05) is 42.1 Å². The molecule has 0 radical (unpaired) electrons. The smallest absolute Gasteiger partial charge is 0.341 e. The Hall–Kier alpha value is -3.50. The van der Waals surface area contributed by atoms with E-state index in [1.54, 1.807) is 32.3 Å². The van der Waals surface area contributed by atoms with Gasteiger partial charge in [-0.3, -0.25) is 9.78 Å². The van der Waals surface area contributed by atoms with Gasteiger partial charge < -0.3 is 14.6 Å². The van der Waals surface area contributed by atoms with Gasteiger partial charge in [0.05, 0.1) is 17.4 Å². The fourth-order valence-electron chi connectivity index (χ4n) is 3.18. The fraction of sp³-hybridized carbons (Fsp3) is 0.208. The normalized spacial score (nSPS) is 11.7. The average Bonchev–Trinajstić information content (AvgIpc) is 3.44. The van der Waals surface area contributed by atoms with Gasteiger partial charge in [0.1, 0.15) is 5.00 Å². The SMILES string of the molecule is CCOC(=O)c1cc(-c2ccccc2)sc1NC(=O)C(C)Sc1nnc(-c2ccncc2)n1C. The number of carbonyl (C=O) groups is 2. The highest BCUT2D eigenvalue weighted by molar-refractivity contribution is 8.00. The zero-order valence-corrected chi connectivity index (χ0v) is 20.5. The number of esters is 1. The molecule has 0 saturated heterocycles. The van der Waals surface area contributed by atoms with Crippen molar-refractivity contribution in [3.05, 3.63) is 66.5 Å². The molecule has 0 fully saturated rings. The third-order valence-electron chi connectivity index (χ3n) is 4.95. The number of carbonyl (C=O) groups excluding carboxylic acids is 2. The highest BCUT2D eigenvalue weighted by atomic mass is 32.2. The van der Waals surface area contributed by atoms with E-state index in [9.17, 15) is 9.59 Å². The Labute approximate surface area is 205 Å². The van der Waals surface area contributed by atoms with Crippen molar-refractivity contribution in [2.45, 2.75) is 24.3 Å². The van der Waals surface area contributed by atoms with Gasteiger partial charge in [0.15, 0.2) is 11.0 Å². The molecule has 0 aliphatic heterocycles. The molecular formula is C24H23N5O3S2. The van der Waals surface area contributed by atoms with Gasteiger partial charge in [0.2, 0.25) is 5.91 Å². The second-order valence-electron chi connectivity index (χ2n) is 7.29. The second-order valence-corrected chi connectivity index (χ2v) is 9.65. The van der Waals surface area contributed by atoms with Gasteiger partial charge in [-0.25, -0.2) is 4.79 Å². The maximum atomic E-state index is 13.0. The lowest BCUT2D eigenvalue weighted by molar-refractivity contribution is -0.115. The number of thioether (sulfide) groups is 1. The summed E-state index contributed by atoms with van der Waals surface area (Å²) in [6, 6.07) is 15.2. The van der Waals surface area contributed by atoms with Crippen LogP contribution in [0.5, 0.6) is 0 Å². The average molecular weight is 494 g/mol. The molecule has 0 aliphatic rings. The summed E-state index contributed by atoms with van der Waals surface area (Å²) in [7, 11) is 1.85. The maximum Gasteiger partial charge on any atom is 0.341 e. The summed E-state index contributed by atoms with van der Waals surface area (Å²) in [5.74, 6) is -0.0230. The lowest BCUT2D eigenvalue weighted by Gasteiger charge is -2.12. The minimum absolute atomic E-state index is 0.245. The van der Waals surface area contributed by atoms with Crippen LogP contribution in [0.3, 0.4) is 0 Å². The van der Waals surface area contributed by atoms with E-state index < -0.39 is 11.2 Å². The number of rotatable bonds is 8. The van der Waals surface area contributed by atoms with Crippen LogP contribution in [0.2, 0.25) is 0 Å². The van der Waals surface area contributed by atoms with Gasteiger partial charge in [-0.15, -0.1) is 21.5 Å². The van der Waals surface area contributed by atoms with Crippen molar-refractivity contribution in [3.63, 3.8) is 0 Å². The number of ether oxygens (including phenoxy) is 1. The summed E-state index contributed by atoms with van der Waals surface area (Å²) in [6.45, 7) is 3.79. The van der Waals surface area contributed by atoms with Crippen molar-refractivity contribution < 1.29 is 14.3 Å². The molecule has 0 bridgehead atoms. The van der Waals surface area contributed by atoms with Crippen molar-refractivity contribution in [1.29, 1.82) is 0 Å². The lowest BCUT2D eigenvalue weighted by atomic mass is 10.1. The van der Waals surface area contributed by atoms with Gasteiger partial charge in [-0.05, 0) is 37.6 Å². The van der Waals surface area contributed by atoms with Crippen LogP contribution in [0, 0.1) is 0 Å². The molecule has 0 spiro atoms. The predicted molar refractivity (Wildman–Crippen MR) is 134 cm³/mol. The van der Waals surface area contributed by atoms with Gasteiger partial charge >= 0.3 is 5.97 Å². The molecular weight excluding hydrogens is 470 g/mol. The molecule has 1 aromatic carbocycles. The van der Waals surface area contributed by atoms with E-state index in [1.807, 2.05) is 54.1 Å². The van der Waals surface area contributed by atoms with E-state index >= 15 is 0 Å². The van der Waals surface area contributed by atoms with Gasteiger partial charge in [0, 0.05) is 29.9 Å². The molecule has 4 rings (SSSR count). The van der Waals surface area contributed by atoms with Crippen LogP contribution in [0.25, 0.3) is 21.8 Å². The van der Waals surface area contributed by atoms with Crippen LogP contribution >= 0.6 is 23.1 Å². The first kappa shape index (κ1) is 23.7. The Kier molecular flexibility index (Phi) is 7.39. The number of aromatic nitrogens is 4. The molecule has 1 unspecified atom stereocenters. The minimum Gasteiger partial charge on any atom is -0.462 e. The topological polar surface area (TPSA) is 99.0 Å². The first-order chi connectivity index (χ1) is 16.5. The number of thiophene rings is 1. The summed E-state index contributed by atoms with van der Waals surface area (Å²) >= 11 is 2.63. The number of nitrogens with zero attached hydrogens (tertiary/aromatic N) is 4. The van der Waals surface area contributed by atoms with Crippen LogP contribution in [0.1, 0.15) is 24.2 Å². The Balaban J connectivity index is 1.52. The summed E-state index contributed by atoms with van der Waals surface area (Å²) in [5.41, 5.74) is 2.19. The van der Waals surface area contributed by atoms with E-state index in [2.05, 4.69) is 20.5 Å². The van der Waals surface area contributed by atoms with E-state index in [0.717, 1.165) is 16.0 Å². The van der Waals surface area contributed by atoms with Crippen molar-refractivity contribution in [2.75, 3.05) is 11.9 Å². The zero-order chi connectivity index (χ0) is 24.1. The Bertz CT molecular complexity index is 1290. The third kappa shape index (κ3) is 5.18. The van der Waals surface area contributed by atoms with Gasteiger partial charge in [0.25, 0.3) is 0 Å². The van der Waals surface area contributed by atoms with Crippen molar-refractivity contribution in [1.82, 2.24) is 19.7 Å². The van der Waals surface area contributed by atoms with Crippen LogP contribution in [-0.2, 0) is 16.6 Å². The molecule has 34 heavy (non-hydrogen) atoms. The number of pyridine rings is 1. The highest BCUT2D eigenvalue weighted by Gasteiger charge is 2.24. The summed E-state index contributed by atoms with van der Waals surface area (Å²) in [6.07, 6.45) is 3.39. The number of hydrogen-bond acceptors (Lipinski definition) is 8. The molecule has 1 atom stereocenters. The standard InChI is InChI=1S/C24H23N5O3S2/c1-4-32-23(31)18-14-19(16-8-6-5-7-9-16)34-22(18)26-21(30)15(2)33-24-28-27-20(29(24)3)17-10-12-25-13-11-17/h5-15H,4H2,1-3H3,(H,26,30). The Morgan fingerprint density at radius 1 is 1.12 bits per heavy atom.